The summed E-state index contributed by atoms with van der Waals surface area (Å²) in [5.74, 6) is -0.451. The Morgan fingerprint density at radius 2 is 2.06 bits per heavy atom. The lowest BCUT2D eigenvalue weighted by molar-refractivity contribution is 0.0829. The Balaban J connectivity index is 2.75. The quantitative estimate of drug-likeness (QED) is 0.786. The van der Waals surface area contributed by atoms with Gasteiger partial charge in [0.2, 0.25) is 0 Å². The summed E-state index contributed by atoms with van der Waals surface area (Å²) in [7, 11) is 3.36. The molecule has 1 N–H and O–H groups in total. The monoisotopic (exact) mass is 220 g/mol. The van der Waals surface area contributed by atoms with Gasteiger partial charge in [-0.15, -0.1) is 0 Å². The van der Waals surface area contributed by atoms with Crippen LogP contribution in [-0.4, -0.2) is 29.9 Å². The molecule has 2 rings (SSSR count). The maximum absolute atomic E-state index is 13.5. The molecule has 0 aliphatic carbocycles. The molecule has 16 heavy (non-hydrogen) atoms. The van der Waals surface area contributed by atoms with Gasteiger partial charge in [-0.2, -0.15) is 0 Å². The number of nitrogens with one attached hydrogen (secondary N) is 1. The highest BCUT2D eigenvalue weighted by Crippen LogP contribution is 2.24. The Kier molecular flexibility index (Phi) is 2.42. The smallest absolute Gasteiger partial charge is 0.255 e. The molecule has 0 aliphatic heterocycles. The molecule has 1 heterocycles. The van der Waals surface area contributed by atoms with E-state index in [9.17, 15) is 9.18 Å². The molecule has 1 amide bonds. The number of para-hydroxylation sites is 1. The van der Waals surface area contributed by atoms with E-state index in [0.717, 1.165) is 0 Å². The molecule has 0 saturated heterocycles. The van der Waals surface area contributed by atoms with Crippen LogP contribution in [-0.2, 0) is 0 Å². The largest absolute Gasteiger partial charge is 0.356 e. The Labute approximate surface area is 92.9 Å². The number of hydrogen-bond donors (Lipinski definition) is 1. The van der Waals surface area contributed by atoms with E-state index in [-0.39, 0.29) is 11.7 Å². The van der Waals surface area contributed by atoms with E-state index >= 15 is 0 Å². The van der Waals surface area contributed by atoms with Crippen LogP contribution in [0.4, 0.5) is 4.39 Å². The van der Waals surface area contributed by atoms with Gasteiger partial charge >= 0.3 is 0 Å². The summed E-state index contributed by atoms with van der Waals surface area (Å²) in [6, 6.07) is 4.73. The molecule has 0 aliphatic rings. The van der Waals surface area contributed by atoms with E-state index in [1.165, 1.54) is 11.0 Å². The third-order valence-electron chi connectivity index (χ3n) is 2.59. The van der Waals surface area contributed by atoms with E-state index in [0.29, 0.717) is 22.2 Å². The van der Waals surface area contributed by atoms with Crippen LogP contribution in [0.25, 0.3) is 10.9 Å². The zero-order valence-corrected chi connectivity index (χ0v) is 9.47. The van der Waals surface area contributed by atoms with Crippen LogP contribution in [0.3, 0.4) is 0 Å². The number of nitrogens with zero attached hydrogens (tertiary/aromatic N) is 1. The second kappa shape index (κ2) is 3.63. The molecule has 0 spiro atoms. The Morgan fingerprint density at radius 1 is 1.38 bits per heavy atom. The first-order valence-electron chi connectivity index (χ1n) is 5.01. The lowest BCUT2D eigenvalue weighted by atomic mass is 10.1. The van der Waals surface area contributed by atoms with Crippen molar-refractivity contribution in [1.82, 2.24) is 9.88 Å². The molecule has 1 aromatic heterocycles. The standard InChI is InChI=1S/C12H13FN2O/c1-7-10(12(16)15(2)3)8-5-4-6-9(13)11(8)14-7/h4-6,14H,1-3H3. The van der Waals surface area contributed by atoms with Crippen LogP contribution in [0.5, 0.6) is 0 Å². The van der Waals surface area contributed by atoms with E-state index < -0.39 is 0 Å². The van der Waals surface area contributed by atoms with Gasteiger partial charge in [0.15, 0.2) is 0 Å². The summed E-state index contributed by atoms with van der Waals surface area (Å²) < 4.78 is 13.5. The number of aromatic nitrogens is 1. The number of carbonyl (C=O) groups excluding carboxylic acids is 1. The molecule has 2 aromatic rings. The number of H-pyrrole nitrogens is 1. The second-order valence-electron chi connectivity index (χ2n) is 3.99. The molecule has 3 nitrogen and oxygen atoms in total. The molecule has 0 bridgehead atoms. The molecule has 0 radical (unpaired) electrons. The first-order chi connectivity index (χ1) is 7.52. The Hall–Kier alpha value is -1.84. The van der Waals surface area contributed by atoms with Gasteiger partial charge in [-0.1, -0.05) is 12.1 Å². The topological polar surface area (TPSA) is 36.1 Å². The minimum Gasteiger partial charge on any atom is -0.356 e. The zero-order chi connectivity index (χ0) is 11.9. The molecular formula is C12H13FN2O. The van der Waals surface area contributed by atoms with Gasteiger partial charge in [-0.05, 0) is 13.0 Å². The van der Waals surface area contributed by atoms with Gasteiger partial charge in [0.05, 0.1) is 11.1 Å². The van der Waals surface area contributed by atoms with E-state index in [4.69, 9.17) is 0 Å². The number of hydrogen-bond acceptors (Lipinski definition) is 1. The second-order valence-corrected chi connectivity index (χ2v) is 3.99. The van der Waals surface area contributed by atoms with Crippen molar-refractivity contribution in [3.05, 3.63) is 35.3 Å². The van der Waals surface area contributed by atoms with Crippen molar-refractivity contribution in [2.24, 2.45) is 0 Å². The normalized spacial score (nSPS) is 10.8. The molecular weight excluding hydrogens is 207 g/mol. The number of rotatable bonds is 1. The molecule has 0 unspecified atom stereocenters. The van der Waals surface area contributed by atoms with Gasteiger partial charge in [-0.3, -0.25) is 4.79 Å². The van der Waals surface area contributed by atoms with Crippen LogP contribution in [0.15, 0.2) is 18.2 Å². The summed E-state index contributed by atoms with van der Waals surface area (Å²) in [5.41, 5.74) is 1.63. The first kappa shape index (κ1) is 10.7. The van der Waals surface area contributed by atoms with E-state index in [2.05, 4.69) is 4.98 Å². The Morgan fingerprint density at radius 3 is 2.69 bits per heavy atom. The number of aromatic amines is 1. The third kappa shape index (κ3) is 1.46. The van der Waals surface area contributed by atoms with Gasteiger partial charge in [0, 0.05) is 25.2 Å². The van der Waals surface area contributed by atoms with Crippen molar-refractivity contribution < 1.29 is 9.18 Å². The molecule has 1 aromatic carbocycles. The predicted octanol–water partition coefficient (Wildman–Crippen LogP) is 2.32. The summed E-state index contributed by atoms with van der Waals surface area (Å²) in [6.45, 7) is 1.77. The average Bonchev–Trinajstić information content (AvgIpc) is 2.55. The van der Waals surface area contributed by atoms with Crippen molar-refractivity contribution in [2.75, 3.05) is 14.1 Å². The van der Waals surface area contributed by atoms with Gasteiger partial charge in [0.25, 0.3) is 5.91 Å². The van der Waals surface area contributed by atoms with Crippen LogP contribution in [0.1, 0.15) is 16.1 Å². The highest BCUT2D eigenvalue weighted by atomic mass is 19.1. The SMILES string of the molecule is Cc1[nH]c2c(F)cccc2c1C(=O)N(C)C. The molecule has 4 heteroatoms. The van der Waals surface area contributed by atoms with Gasteiger partial charge in [0.1, 0.15) is 5.82 Å². The van der Waals surface area contributed by atoms with Gasteiger partial charge < -0.3 is 9.88 Å². The maximum Gasteiger partial charge on any atom is 0.255 e. The zero-order valence-electron chi connectivity index (χ0n) is 9.47. The van der Waals surface area contributed by atoms with Crippen molar-refractivity contribution >= 4 is 16.8 Å². The third-order valence-corrected chi connectivity index (χ3v) is 2.59. The molecule has 0 atom stereocenters. The number of halogens is 1. The Bertz CT molecular complexity index is 557. The van der Waals surface area contributed by atoms with Crippen molar-refractivity contribution in [3.63, 3.8) is 0 Å². The fourth-order valence-electron chi connectivity index (χ4n) is 1.81. The van der Waals surface area contributed by atoms with Gasteiger partial charge in [-0.25, -0.2) is 4.39 Å². The number of carbonyl (C=O) groups is 1. The first-order valence-corrected chi connectivity index (χ1v) is 5.01. The lowest BCUT2D eigenvalue weighted by Gasteiger charge is -2.09. The van der Waals surface area contributed by atoms with Crippen molar-refractivity contribution in [3.8, 4) is 0 Å². The number of fused-ring (bicyclic) bond motifs is 1. The molecule has 84 valence electrons. The van der Waals surface area contributed by atoms with Crippen molar-refractivity contribution in [2.45, 2.75) is 6.92 Å². The van der Waals surface area contributed by atoms with Crippen LogP contribution < -0.4 is 0 Å². The molecule has 0 saturated carbocycles. The van der Waals surface area contributed by atoms with E-state index in [1.807, 2.05) is 0 Å². The number of benzene rings is 1. The maximum atomic E-state index is 13.5. The summed E-state index contributed by atoms with van der Waals surface area (Å²) >= 11 is 0. The van der Waals surface area contributed by atoms with E-state index in [1.54, 1.807) is 33.2 Å². The van der Waals surface area contributed by atoms with Crippen LogP contribution >= 0.6 is 0 Å². The summed E-state index contributed by atoms with van der Waals surface area (Å²) in [5, 5.41) is 0.635. The lowest BCUT2D eigenvalue weighted by Crippen LogP contribution is -2.22. The van der Waals surface area contributed by atoms with Crippen LogP contribution in [0.2, 0.25) is 0 Å². The minimum atomic E-state index is -0.335. The highest BCUT2D eigenvalue weighted by molar-refractivity contribution is 6.08. The summed E-state index contributed by atoms with van der Waals surface area (Å²) in [4.78, 5) is 16.3. The number of amides is 1. The minimum absolute atomic E-state index is 0.116. The number of aryl methyl sites for hydroxylation is 1. The van der Waals surface area contributed by atoms with Crippen molar-refractivity contribution in [1.29, 1.82) is 0 Å². The average molecular weight is 220 g/mol. The fraction of sp³-hybridized carbons (Fsp3) is 0.250. The van der Waals surface area contributed by atoms with Crippen LogP contribution in [0, 0.1) is 12.7 Å². The fourth-order valence-corrected chi connectivity index (χ4v) is 1.81. The molecule has 0 fully saturated rings. The predicted molar refractivity (Wildman–Crippen MR) is 61.0 cm³/mol. The highest BCUT2D eigenvalue weighted by Gasteiger charge is 2.18. The summed E-state index contributed by atoms with van der Waals surface area (Å²) in [6.07, 6.45) is 0.